The van der Waals surface area contributed by atoms with Crippen LogP contribution in [0.15, 0.2) is 12.1 Å². The molecule has 0 saturated heterocycles. The van der Waals surface area contributed by atoms with Crippen LogP contribution in [0.4, 0.5) is 30.7 Å². The number of Topliss-reactive ketones (excluding diaryl/α,β-unsaturated/α-hetero) is 1. The van der Waals surface area contributed by atoms with Crippen molar-refractivity contribution in [1.82, 2.24) is 4.98 Å². The van der Waals surface area contributed by atoms with Gasteiger partial charge in [-0.1, -0.05) is 19.8 Å². The zero-order chi connectivity index (χ0) is 27.8. The van der Waals surface area contributed by atoms with E-state index in [9.17, 15) is 52.4 Å². The van der Waals surface area contributed by atoms with E-state index in [4.69, 9.17) is 0 Å². The second-order valence-corrected chi connectivity index (χ2v) is 10.9. The van der Waals surface area contributed by atoms with Gasteiger partial charge in [0.15, 0.2) is 12.0 Å². The van der Waals surface area contributed by atoms with Crippen molar-refractivity contribution >= 4 is 26.0 Å². The molecule has 35 heavy (non-hydrogen) atoms. The first-order valence-corrected chi connectivity index (χ1v) is 12.9. The van der Waals surface area contributed by atoms with Crippen molar-refractivity contribution in [3.63, 3.8) is 0 Å². The number of nitrogens with zero attached hydrogens (tertiary/aromatic N) is 1. The van der Waals surface area contributed by atoms with Crippen LogP contribution >= 0.6 is 0 Å². The third-order valence-electron chi connectivity index (χ3n) is 4.36. The van der Waals surface area contributed by atoms with Crippen molar-refractivity contribution in [2.75, 3.05) is 0 Å². The SMILES string of the molecule is CCCC1CCC(=O)C(F)C1.Cc1cc(C)nc(C)c1.O=S(=O)(OS(=O)(=O)C(F)(F)F)C(F)(F)F. The third-order valence-corrected chi connectivity index (χ3v) is 6.92. The second-order valence-electron chi connectivity index (χ2n) is 7.66. The Morgan fingerprint density at radius 2 is 1.37 bits per heavy atom. The lowest BCUT2D eigenvalue weighted by molar-refractivity contribution is -0.126. The molecule has 16 heteroatoms. The summed E-state index contributed by atoms with van der Waals surface area (Å²) in [6, 6.07) is 4.15. The maximum absolute atomic E-state index is 12.8. The number of hydrogen-bond acceptors (Lipinski definition) is 7. The summed E-state index contributed by atoms with van der Waals surface area (Å²) in [6.07, 6.45) is 2.88. The zero-order valence-electron chi connectivity index (χ0n) is 19.2. The molecule has 1 aromatic rings. The number of carbonyl (C=O) groups is 1. The Balaban J connectivity index is 0.000000512. The van der Waals surface area contributed by atoms with E-state index >= 15 is 0 Å². The minimum Gasteiger partial charge on any atom is -0.296 e. The predicted octanol–water partition coefficient (Wildman–Crippen LogP) is 5.20. The van der Waals surface area contributed by atoms with Gasteiger partial charge in [0.1, 0.15) is 0 Å². The smallest absolute Gasteiger partial charge is 0.296 e. The molecule has 1 aromatic heterocycles. The molecule has 1 saturated carbocycles. The normalized spacial score (nSPS) is 19.2. The number of alkyl halides is 7. The fraction of sp³-hybridized carbons (Fsp3) is 0.684. The zero-order valence-corrected chi connectivity index (χ0v) is 20.8. The predicted molar refractivity (Wildman–Crippen MR) is 112 cm³/mol. The quantitative estimate of drug-likeness (QED) is 0.367. The molecule has 0 aliphatic heterocycles. The van der Waals surface area contributed by atoms with Crippen LogP contribution in [0.25, 0.3) is 0 Å². The van der Waals surface area contributed by atoms with Gasteiger partial charge in [-0.25, -0.2) is 4.39 Å². The van der Waals surface area contributed by atoms with Gasteiger partial charge >= 0.3 is 31.3 Å². The maximum Gasteiger partial charge on any atom is 0.524 e. The molecule has 204 valence electrons. The molecule has 0 radical (unpaired) electrons. The summed E-state index contributed by atoms with van der Waals surface area (Å²) in [4.78, 5) is 15.0. The Labute approximate surface area is 199 Å². The van der Waals surface area contributed by atoms with E-state index < -0.39 is 37.4 Å². The number of hydrogen-bond donors (Lipinski definition) is 0. The minimum atomic E-state index is -6.85. The lowest BCUT2D eigenvalue weighted by Crippen LogP contribution is -2.34. The Hall–Kier alpha value is -1.81. The Kier molecular flexibility index (Phi) is 12.3. The molecule has 1 heterocycles. The number of halogens is 7. The Bertz CT molecular complexity index is 962. The average molecular weight is 562 g/mol. The molecule has 2 rings (SSSR count). The third kappa shape index (κ3) is 11.6. The summed E-state index contributed by atoms with van der Waals surface area (Å²) in [6.45, 7) is 8.21. The molecule has 0 spiro atoms. The fourth-order valence-electron chi connectivity index (χ4n) is 2.95. The second kappa shape index (κ2) is 12.9. The lowest BCUT2D eigenvalue weighted by Gasteiger charge is -2.22. The number of rotatable bonds is 4. The monoisotopic (exact) mass is 561 g/mol. The molecule has 0 amide bonds. The molecule has 0 bridgehead atoms. The van der Waals surface area contributed by atoms with E-state index in [2.05, 4.69) is 31.0 Å². The number of ketones is 1. The summed E-state index contributed by atoms with van der Waals surface area (Å²) in [5.74, 6) is 0.282. The first kappa shape index (κ1) is 33.2. The molecule has 1 aliphatic carbocycles. The largest absolute Gasteiger partial charge is 0.524 e. The van der Waals surface area contributed by atoms with Crippen molar-refractivity contribution < 1.29 is 56.0 Å². The number of aromatic nitrogens is 1. The van der Waals surface area contributed by atoms with Crippen molar-refractivity contribution in [2.45, 2.75) is 77.0 Å². The highest BCUT2D eigenvalue weighted by Crippen LogP contribution is 2.32. The molecule has 0 N–H and O–H groups in total. The van der Waals surface area contributed by atoms with Gasteiger partial charge < -0.3 is 0 Å². The number of pyridine rings is 1. The highest BCUT2D eigenvalue weighted by Gasteiger charge is 2.57. The summed E-state index contributed by atoms with van der Waals surface area (Å²) in [5, 5.41) is 0. The van der Waals surface area contributed by atoms with Crippen LogP contribution in [-0.4, -0.2) is 44.8 Å². The van der Waals surface area contributed by atoms with E-state index in [-0.39, 0.29) is 5.78 Å². The van der Waals surface area contributed by atoms with Gasteiger partial charge in [0.2, 0.25) is 0 Å². The first-order valence-electron chi connectivity index (χ1n) is 10.0. The Morgan fingerprint density at radius 3 is 1.69 bits per heavy atom. The number of aryl methyl sites for hydroxylation is 3. The molecular weight excluding hydrogens is 535 g/mol. The topological polar surface area (TPSA) is 107 Å². The van der Waals surface area contributed by atoms with Gasteiger partial charge in [0.25, 0.3) is 0 Å². The standard InChI is InChI=1S/C9H15FO.C8H11N.C2F6O5S2/c1-2-3-7-4-5-9(11)8(10)6-7;1-6-4-7(2)9-8(3)5-6;3-1(4,5)14(9,10)13-15(11,12)2(6,7)8/h7-8H,2-6H2,1H3;4-5H,1-3H3;. The minimum absolute atomic E-state index is 0.183. The molecule has 2 unspecified atom stereocenters. The van der Waals surface area contributed by atoms with Gasteiger partial charge in [0, 0.05) is 17.8 Å². The van der Waals surface area contributed by atoms with E-state index in [1.165, 1.54) is 5.56 Å². The van der Waals surface area contributed by atoms with Crippen molar-refractivity contribution in [1.29, 1.82) is 0 Å². The van der Waals surface area contributed by atoms with Gasteiger partial charge in [-0.05, 0) is 57.2 Å². The van der Waals surface area contributed by atoms with Crippen LogP contribution in [0.3, 0.4) is 0 Å². The summed E-state index contributed by atoms with van der Waals surface area (Å²) < 4.78 is 123. The van der Waals surface area contributed by atoms with Gasteiger partial charge in [-0.2, -0.15) is 43.2 Å². The number of carbonyl (C=O) groups excluding carboxylic acids is 1. The molecule has 2 atom stereocenters. The van der Waals surface area contributed by atoms with Gasteiger partial charge in [-0.15, -0.1) is 3.63 Å². The average Bonchev–Trinajstić information content (AvgIpc) is 2.62. The van der Waals surface area contributed by atoms with Crippen LogP contribution in [0.5, 0.6) is 0 Å². The van der Waals surface area contributed by atoms with E-state index in [0.717, 1.165) is 30.7 Å². The molecule has 7 nitrogen and oxygen atoms in total. The van der Waals surface area contributed by atoms with E-state index in [0.29, 0.717) is 18.8 Å². The molecule has 1 aliphatic rings. The summed E-state index contributed by atoms with van der Waals surface area (Å²) in [5.41, 5.74) is -9.02. The van der Waals surface area contributed by atoms with Crippen molar-refractivity contribution in [3.8, 4) is 0 Å². The van der Waals surface area contributed by atoms with Crippen LogP contribution in [0.2, 0.25) is 0 Å². The maximum atomic E-state index is 12.8. The molecule has 0 aromatic carbocycles. The van der Waals surface area contributed by atoms with Gasteiger partial charge in [-0.3, -0.25) is 9.78 Å². The van der Waals surface area contributed by atoms with Gasteiger partial charge in [0.05, 0.1) is 0 Å². The summed E-state index contributed by atoms with van der Waals surface area (Å²) >= 11 is 0. The van der Waals surface area contributed by atoms with Crippen molar-refractivity contribution in [2.24, 2.45) is 5.92 Å². The fourth-order valence-corrected chi connectivity index (χ4v) is 4.51. The first-order chi connectivity index (χ1) is 15.6. The van der Waals surface area contributed by atoms with Crippen LogP contribution in [-0.2, 0) is 28.7 Å². The van der Waals surface area contributed by atoms with Crippen LogP contribution < -0.4 is 0 Å². The highest BCUT2D eigenvalue weighted by molar-refractivity contribution is 8.00. The molecule has 1 fully saturated rings. The highest BCUT2D eigenvalue weighted by atomic mass is 32.3. The summed E-state index contributed by atoms with van der Waals surface area (Å²) in [7, 11) is -13.7. The van der Waals surface area contributed by atoms with E-state index in [1.807, 2.05) is 17.5 Å². The van der Waals surface area contributed by atoms with Crippen LogP contribution in [0, 0.1) is 26.7 Å². The molecular formula is C19H26F7NO6S2. The lowest BCUT2D eigenvalue weighted by atomic mass is 9.84. The Morgan fingerprint density at radius 1 is 0.943 bits per heavy atom. The van der Waals surface area contributed by atoms with Crippen LogP contribution in [0.1, 0.15) is 56.0 Å². The van der Waals surface area contributed by atoms with E-state index in [1.54, 1.807) is 0 Å². The van der Waals surface area contributed by atoms with Crippen molar-refractivity contribution in [3.05, 3.63) is 29.1 Å².